The number of rotatable bonds is 5. The van der Waals surface area contributed by atoms with Gasteiger partial charge in [-0.2, -0.15) is 26.3 Å². The van der Waals surface area contributed by atoms with Gasteiger partial charge >= 0.3 is 18.3 Å². The van der Waals surface area contributed by atoms with Crippen molar-refractivity contribution in [3.05, 3.63) is 77.9 Å². The van der Waals surface area contributed by atoms with Gasteiger partial charge in [-0.1, -0.05) is 55.1 Å². The Labute approximate surface area is 177 Å². The number of halogens is 6. The van der Waals surface area contributed by atoms with Crippen molar-refractivity contribution in [3.8, 4) is 0 Å². The van der Waals surface area contributed by atoms with E-state index in [1.807, 2.05) is 0 Å². The summed E-state index contributed by atoms with van der Waals surface area (Å²) in [6.07, 6.45) is -16.4. The minimum atomic E-state index is -5.96. The highest BCUT2D eigenvalue weighted by molar-refractivity contribution is 6.13. The molecule has 1 heterocycles. The number of hydrogen-bond acceptors (Lipinski definition) is 4. The molecule has 1 atom stereocenters. The number of alkyl halides is 6. The van der Waals surface area contributed by atoms with Gasteiger partial charge in [-0.3, -0.25) is 4.79 Å². The van der Waals surface area contributed by atoms with Crippen LogP contribution in [0.5, 0.6) is 0 Å². The van der Waals surface area contributed by atoms with E-state index in [1.165, 1.54) is 24.3 Å². The van der Waals surface area contributed by atoms with Crippen molar-refractivity contribution in [1.82, 2.24) is 0 Å². The first-order valence-electron chi connectivity index (χ1n) is 8.99. The van der Waals surface area contributed by atoms with Crippen LogP contribution in [0.2, 0.25) is 0 Å². The maximum Gasteiger partial charge on any atom is 0.434 e. The van der Waals surface area contributed by atoms with E-state index >= 15 is 0 Å². The Morgan fingerprint density at radius 2 is 1.53 bits per heavy atom. The number of carbonyl (C=O) groups excluding carboxylic acids is 2. The minimum Gasteiger partial charge on any atom is -0.439 e. The lowest BCUT2D eigenvalue weighted by Crippen LogP contribution is -2.48. The maximum absolute atomic E-state index is 13.1. The summed E-state index contributed by atoms with van der Waals surface area (Å²) in [5.41, 5.74) is -3.68. The lowest BCUT2D eigenvalue weighted by atomic mass is 9.88. The molecule has 1 amide bonds. The van der Waals surface area contributed by atoms with Crippen LogP contribution in [0.25, 0.3) is 0 Å². The summed E-state index contributed by atoms with van der Waals surface area (Å²) in [6, 6.07) is 13.9. The molecule has 3 rings (SSSR count). The van der Waals surface area contributed by atoms with Crippen molar-refractivity contribution in [2.24, 2.45) is 0 Å². The van der Waals surface area contributed by atoms with Crippen LogP contribution in [0.4, 0.5) is 32.0 Å². The number of fused-ring (bicyclic) bond motifs is 1. The van der Waals surface area contributed by atoms with Crippen LogP contribution in [0.1, 0.15) is 11.1 Å². The third-order valence-corrected chi connectivity index (χ3v) is 4.83. The third-order valence-electron chi connectivity index (χ3n) is 4.83. The zero-order valence-electron chi connectivity index (χ0n) is 16.1. The number of aliphatic hydroxyl groups is 1. The molecule has 1 aliphatic heterocycles. The van der Waals surface area contributed by atoms with Gasteiger partial charge in [0.15, 0.2) is 0 Å². The molecule has 0 unspecified atom stereocenters. The molecule has 2 aromatic rings. The number of carbonyl (C=O) groups is 2. The lowest BCUT2D eigenvalue weighted by molar-refractivity contribution is -0.312. The molecule has 32 heavy (non-hydrogen) atoms. The molecule has 11 heteroatoms. The van der Waals surface area contributed by atoms with Gasteiger partial charge in [0.05, 0.1) is 17.8 Å². The number of nitrogens with zero attached hydrogens (tertiary/aromatic N) is 1. The summed E-state index contributed by atoms with van der Waals surface area (Å²) in [6.45, 7) is 3.02. The average molecular weight is 459 g/mol. The molecule has 0 saturated carbocycles. The number of anilines is 1. The topological polar surface area (TPSA) is 66.8 Å². The number of hydrogen-bond donors (Lipinski definition) is 1. The number of para-hydroxylation sites is 1. The van der Waals surface area contributed by atoms with E-state index < -0.39 is 41.5 Å². The summed E-state index contributed by atoms with van der Waals surface area (Å²) >= 11 is 0. The molecule has 0 fully saturated rings. The molecule has 0 bridgehead atoms. The normalized spacial score (nSPS) is 18.6. The van der Waals surface area contributed by atoms with Gasteiger partial charge in [-0.15, -0.1) is 0 Å². The number of ether oxygens (including phenoxy) is 1. The Morgan fingerprint density at radius 3 is 2.09 bits per heavy atom. The van der Waals surface area contributed by atoms with Gasteiger partial charge in [0.1, 0.15) is 0 Å². The zero-order chi connectivity index (χ0) is 23.9. The van der Waals surface area contributed by atoms with E-state index in [0.717, 1.165) is 4.90 Å². The SMILES string of the molecule is C=C(C(=O)OC(C(F)(F)F)C(F)(F)F)[C@@]1(O)C(=O)N(Cc2ccccc2)c2ccccc21. The molecule has 0 aliphatic carbocycles. The van der Waals surface area contributed by atoms with Crippen LogP contribution < -0.4 is 4.90 Å². The minimum absolute atomic E-state index is 0.0882. The Kier molecular flexibility index (Phi) is 5.81. The van der Waals surface area contributed by atoms with Crippen molar-refractivity contribution in [3.63, 3.8) is 0 Å². The molecule has 0 spiro atoms. The monoisotopic (exact) mass is 459 g/mol. The lowest BCUT2D eigenvalue weighted by Gasteiger charge is -2.27. The van der Waals surface area contributed by atoms with E-state index in [9.17, 15) is 41.0 Å². The first-order chi connectivity index (χ1) is 14.8. The number of amides is 1. The quantitative estimate of drug-likeness (QED) is 0.417. The van der Waals surface area contributed by atoms with E-state index in [2.05, 4.69) is 11.3 Å². The highest BCUT2D eigenvalue weighted by atomic mass is 19.4. The molecule has 5 nitrogen and oxygen atoms in total. The van der Waals surface area contributed by atoms with Crippen molar-refractivity contribution in [1.29, 1.82) is 0 Å². The summed E-state index contributed by atoms with van der Waals surface area (Å²) in [5, 5.41) is 11.1. The fourth-order valence-corrected chi connectivity index (χ4v) is 3.29. The smallest absolute Gasteiger partial charge is 0.434 e. The van der Waals surface area contributed by atoms with Gasteiger partial charge in [-0.25, -0.2) is 4.79 Å². The fraction of sp³-hybridized carbons (Fsp3) is 0.238. The van der Waals surface area contributed by atoms with Crippen LogP contribution in [-0.2, 0) is 26.5 Å². The van der Waals surface area contributed by atoms with E-state index in [-0.39, 0.29) is 17.8 Å². The summed E-state index contributed by atoms with van der Waals surface area (Å²) in [7, 11) is 0. The van der Waals surface area contributed by atoms with Crippen LogP contribution in [0.3, 0.4) is 0 Å². The Bertz CT molecular complexity index is 1040. The van der Waals surface area contributed by atoms with Gasteiger partial charge in [0, 0.05) is 5.56 Å². The second-order valence-corrected chi connectivity index (χ2v) is 6.95. The Hall–Kier alpha value is -3.34. The van der Waals surface area contributed by atoms with Crippen LogP contribution in [-0.4, -0.2) is 35.4 Å². The van der Waals surface area contributed by atoms with Crippen molar-refractivity contribution < 1.29 is 45.8 Å². The number of benzene rings is 2. The first-order valence-corrected chi connectivity index (χ1v) is 8.99. The van der Waals surface area contributed by atoms with Gasteiger partial charge in [-0.05, 0) is 11.6 Å². The number of esters is 1. The highest BCUT2D eigenvalue weighted by Crippen LogP contribution is 2.45. The van der Waals surface area contributed by atoms with Gasteiger partial charge in [0.2, 0.25) is 5.60 Å². The second-order valence-electron chi connectivity index (χ2n) is 6.95. The molecule has 1 N–H and O–H groups in total. The summed E-state index contributed by atoms with van der Waals surface area (Å²) < 4.78 is 80.2. The van der Waals surface area contributed by atoms with Gasteiger partial charge in [0.25, 0.3) is 12.0 Å². The predicted octanol–water partition coefficient (Wildman–Crippen LogP) is 4.01. The van der Waals surface area contributed by atoms with Crippen LogP contribution in [0.15, 0.2) is 66.7 Å². The van der Waals surface area contributed by atoms with E-state index in [4.69, 9.17) is 0 Å². The molecule has 1 aliphatic rings. The second kappa shape index (κ2) is 7.97. The summed E-state index contributed by atoms with van der Waals surface area (Å²) in [4.78, 5) is 26.3. The van der Waals surface area contributed by atoms with Crippen molar-refractivity contribution in [2.75, 3.05) is 4.90 Å². The molecular weight excluding hydrogens is 444 g/mol. The Balaban J connectivity index is 1.96. The van der Waals surface area contributed by atoms with Crippen molar-refractivity contribution >= 4 is 17.6 Å². The standard InChI is InChI=1S/C21H15F6NO4/c1-12(16(29)32-17(20(22,23)24)21(25,26)27)19(31)14-9-5-6-10-15(14)28(18(19)30)11-13-7-3-2-4-8-13/h2-10,17,31H,1,11H2/t19-/m0/s1. The van der Waals surface area contributed by atoms with Gasteiger partial charge < -0.3 is 14.7 Å². The van der Waals surface area contributed by atoms with Crippen LogP contribution in [0, 0.1) is 0 Å². The fourth-order valence-electron chi connectivity index (χ4n) is 3.29. The Morgan fingerprint density at radius 1 is 1.00 bits per heavy atom. The van der Waals surface area contributed by atoms with E-state index in [0.29, 0.717) is 5.56 Å². The molecular formula is C21H15F6NO4. The van der Waals surface area contributed by atoms with E-state index in [1.54, 1.807) is 30.3 Å². The highest BCUT2D eigenvalue weighted by Gasteiger charge is 2.61. The molecule has 0 saturated heterocycles. The zero-order valence-corrected chi connectivity index (χ0v) is 16.1. The molecule has 0 radical (unpaired) electrons. The van der Waals surface area contributed by atoms with Crippen LogP contribution >= 0.6 is 0 Å². The maximum atomic E-state index is 13.1. The summed E-state index contributed by atoms with van der Waals surface area (Å²) in [5.74, 6) is -3.38. The predicted molar refractivity (Wildman–Crippen MR) is 99.1 cm³/mol. The largest absolute Gasteiger partial charge is 0.439 e. The third kappa shape index (κ3) is 4.07. The van der Waals surface area contributed by atoms with Crippen molar-refractivity contribution in [2.45, 2.75) is 30.6 Å². The molecule has 0 aromatic heterocycles. The first kappa shape index (κ1) is 23.3. The molecule has 2 aromatic carbocycles. The average Bonchev–Trinajstić information content (AvgIpc) is 2.93. The molecule has 170 valence electrons.